The van der Waals surface area contributed by atoms with Crippen molar-refractivity contribution >= 4 is 28.6 Å². The van der Waals surface area contributed by atoms with E-state index in [9.17, 15) is 9.90 Å². The molecule has 0 aliphatic carbocycles. The number of aromatic nitrogens is 1. The summed E-state index contributed by atoms with van der Waals surface area (Å²) in [7, 11) is 0. The number of fused-ring (bicyclic) bond motifs is 1. The molecule has 0 saturated heterocycles. The Balaban J connectivity index is 1.64. The molecule has 1 unspecified atom stereocenters. The van der Waals surface area contributed by atoms with Gasteiger partial charge in [0.2, 0.25) is 0 Å². The van der Waals surface area contributed by atoms with Crippen LogP contribution in [0.5, 0.6) is 5.75 Å². The molecule has 0 bridgehead atoms. The maximum Gasteiger partial charge on any atom is 0.337 e. The number of ether oxygens (including phenoxy) is 2. The van der Waals surface area contributed by atoms with Gasteiger partial charge >= 0.3 is 5.97 Å². The summed E-state index contributed by atoms with van der Waals surface area (Å²) in [5.74, 6) is -0.197. The molecule has 4 aromatic rings. The highest BCUT2D eigenvalue weighted by atomic mass is 16.5. The fraction of sp³-hybridized carbons (Fsp3) is 0.294. The van der Waals surface area contributed by atoms with E-state index in [1.807, 2.05) is 52.1 Å². The third-order valence-electron chi connectivity index (χ3n) is 7.56. The van der Waals surface area contributed by atoms with E-state index in [1.165, 1.54) is 11.1 Å². The highest BCUT2D eigenvalue weighted by molar-refractivity contribution is 6.04. The second kappa shape index (κ2) is 10.1. The van der Waals surface area contributed by atoms with E-state index in [0.29, 0.717) is 12.2 Å². The minimum absolute atomic E-state index is 0.633. The van der Waals surface area contributed by atoms with Crippen LogP contribution >= 0.6 is 0 Å². The van der Waals surface area contributed by atoms with Crippen LogP contribution in [0.1, 0.15) is 54.7 Å². The van der Waals surface area contributed by atoms with Crippen molar-refractivity contribution in [2.45, 2.75) is 52.4 Å². The number of carboxylic acid groups (broad SMARTS) is 1. The van der Waals surface area contributed by atoms with Crippen LogP contribution in [0.4, 0.5) is 5.69 Å². The summed E-state index contributed by atoms with van der Waals surface area (Å²) >= 11 is 0. The molecule has 0 saturated carbocycles. The van der Waals surface area contributed by atoms with E-state index < -0.39 is 17.7 Å². The fourth-order valence-electron chi connectivity index (χ4n) is 5.93. The Hall–Kier alpha value is -4.16. The molecule has 0 spiro atoms. The van der Waals surface area contributed by atoms with Crippen molar-refractivity contribution in [3.8, 4) is 16.9 Å². The molecule has 6 heteroatoms. The summed E-state index contributed by atoms with van der Waals surface area (Å²) < 4.78 is 12.3. The molecule has 2 aliphatic rings. The lowest BCUT2D eigenvalue weighted by Gasteiger charge is -2.34. The lowest BCUT2D eigenvalue weighted by Crippen LogP contribution is -2.30. The molecule has 1 atom stereocenters. The molecule has 3 aromatic carbocycles. The van der Waals surface area contributed by atoms with Crippen LogP contribution in [-0.4, -0.2) is 34.8 Å². The van der Waals surface area contributed by atoms with Crippen LogP contribution in [0, 0.1) is 6.92 Å². The van der Waals surface area contributed by atoms with Crippen LogP contribution in [-0.2, 0) is 22.5 Å². The lowest BCUT2D eigenvalue weighted by atomic mass is 9.84. The highest BCUT2D eigenvalue weighted by Gasteiger charge is 2.34. The number of benzene rings is 3. The number of pyridine rings is 1. The molecule has 6 rings (SSSR count). The van der Waals surface area contributed by atoms with Crippen molar-refractivity contribution < 1.29 is 19.4 Å². The van der Waals surface area contributed by atoms with Crippen LogP contribution < -0.4 is 9.64 Å². The number of carboxylic acids is 1. The third kappa shape index (κ3) is 4.73. The smallest absolute Gasteiger partial charge is 0.337 e. The van der Waals surface area contributed by atoms with Crippen molar-refractivity contribution in [3.05, 3.63) is 94.7 Å². The lowest BCUT2D eigenvalue weighted by molar-refractivity contribution is -0.160. The molecule has 0 fully saturated rings. The quantitative estimate of drug-likeness (QED) is 0.284. The largest absolute Gasteiger partial charge is 0.493 e. The first-order valence-corrected chi connectivity index (χ1v) is 13.8. The maximum absolute atomic E-state index is 12.8. The van der Waals surface area contributed by atoms with Gasteiger partial charge in [0.05, 0.1) is 17.7 Å². The summed E-state index contributed by atoms with van der Waals surface area (Å²) in [4.78, 5) is 20.0. The van der Waals surface area contributed by atoms with Crippen molar-refractivity contribution in [2.24, 2.45) is 0 Å². The zero-order valence-electron chi connectivity index (χ0n) is 23.4. The average molecular weight is 535 g/mol. The van der Waals surface area contributed by atoms with Crippen molar-refractivity contribution in [1.29, 1.82) is 0 Å². The van der Waals surface area contributed by atoms with Gasteiger partial charge in [-0.3, -0.25) is 4.98 Å². The number of hydrogen-bond acceptors (Lipinski definition) is 5. The summed E-state index contributed by atoms with van der Waals surface area (Å²) in [5, 5.41) is 11.5. The molecule has 204 valence electrons. The highest BCUT2D eigenvalue weighted by Crippen LogP contribution is 2.47. The number of nitrogens with zero attached hydrogens (tertiary/aromatic N) is 2. The molecule has 1 aromatic heterocycles. The first-order valence-electron chi connectivity index (χ1n) is 13.8. The summed E-state index contributed by atoms with van der Waals surface area (Å²) in [6.07, 6.45) is 5.77. The van der Waals surface area contributed by atoms with Crippen LogP contribution in [0.25, 0.3) is 28.1 Å². The standard InChI is InChI=1S/C34H34N2O4/c1-21-19-26-24(11-8-17-36(26)20-22-9-6-5-7-10-22)30(28(21)32(33(37)38)40-34(2,3)4)25-12-13-27-29-23(15-18-39-27)14-16-35-31(25)29/h5-14,16,19,32H,15,17-18,20H2,1-4H3,(H,37,38). The monoisotopic (exact) mass is 534 g/mol. The van der Waals surface area contributed by atoms with Crippen LogP contribution in [0.3, 0.4) is 0 Å². The number of carbonyl (C=O) groups is 1. The second-order valence-electron chi connectivity index (χ2n) is 11.5. The first-order chi connectivity index (χ1) is 19.2. The van der Waals surface area contributed by atoms with Gasteiger partial charge in [-0.15, -0.1) is 0 Å². The van der Waals surface area contributed by atoms with Gasteiger partial charge in [-0.25, -0.2) is 4.79 Å². The van der Waals surface area contributed by atoms with E-state index in [0.717, 1.165) is 64.1 Å². The Labute approximate surface area is 234 Å². The Morgan fingerprint density at radius 1 is 1.15 bits per heavy atom. The molecule has 1 N–H and O–H groups in total. The zero-order valence-corrected chi connectivity index (χ0v) is 23.4. The molecular weight excluding hydrogens is 500 g/mol. The van der Waals surface area contributed by atoms with Gasteiger partial charge in [0, 0.05) is 53.5 Å². The molecule has 0 amide bonds. The number of rotatable bonds is 6. The third-order valence-corrected chi connectivity index (χ3v) is 7.56. The Kier molecular flexibility index (Phi) is 6.59. The summed E-state index contributed by atoms with van der Waals surface area (Å²) in [5.41, 5.74) is 7.87. The van der Waals surface area contributed by atoms with Gasteiger partial charge in [-0.1, -0.05) is 42.5 Å². The summed E-state index contributed by atoms with van der Waals surface area (Å²) in [6.45, 7) is 9.79. The predicted molar refractivity (Wildman–Crippen MR) is 159 cm³/mol. The van der Waals surface area contributed by atoms with Gasteiger partial charge in [-0.2, -0.15) is 0 Å². The fourth-order valence-corrected chi connectivity index (χ4v) is 5.93. The van der Waals surface area contributed by atoms with Crippen molar-refractivity contribution in [1.82, 2.24) is 4.98 Å². The zero-order chi connectivity index (χ0) is 28.0. The summed E-state index contributed by atoms with van der Waals surface area (Å²) in [6, 6.07) is 18.6. The van der Waals surface area contributed by atoms with Gasteiger partial charge in [0.15, 0.2) is 6.10 Å². The Morgan fingerprint density at radius 3 is 2.70 bits per heavy atom. The molecule has 2 aliphatic heterocycles. The van der Waals surface area contributed by atoms with Crippen molar-refractivity contribution in [3.63, 3.8) is 0 Å². The maximum atomic E-state index is 12.8. The van der Waals surface area contributed by atoms with Crippen molar-refractivity contribution in [2.75, 3.05) is 18.1 Å². The molecule has 3 heterocycles. The minimum Gasteiger partial charge on any atom is -0.493 e. The van der Waals surface area contributed by atoms with Gasteiger partial charge in [-0.05, 0) is 74.2 Å². The van der Waals surface area contributed by atoms with Gasteiger partial charge in [0.1, 0.15) is 5.75 Å². The van der Waals surface area contributed by atoms with E-state index >= 15 is 0 Å². The van der Waals surface area contributed by atoms with E-state index in [2.05, 4.69) is 53.5 Å². The van der Waals surface area contributed by atoms with Gasteiger partial charge < -0.3 is 19.5 Å². The Morgan fingerprint density at radius 2 is 1.95 bits per heavy atom. The van der Waals surface area contributed by atoms with E-state index in [4.69, 9.17) is 14.5 Å². The second-order valence-corrected chi connectivity index (χ2v) is 11.5. The van der Waals surface area contributed by atoms with Gasteiger partial charge in [0.25, 0.3) is 0 Å². The Bertz CT molecular complexity index is 1630. The SMILES string of the molecule is Cc1cc2c(c(-c3ccc4c5c(ccnc35)CCO4)c1C(OC(C)(C)C)C(=O)O)C=CCN2Cc1ccccc1. The number of hydrogen-bond donors (Lipinski definition) is 1. The predicted octanol–water partition coefficient (Wildman–Crippen LogP) is 7.12. The molecule has 6 nitrogen and oxygen atoms in total. The van der Waals surface area contributed by atoms with E-state index in [1.54, 1.807) is 0 Å². The number of aliphatic carboxylic acids is 1. The van der Waals surface area contributed by atoms with E-state index in [-0.39, 0.29) is 0 Å². The first kappa shape index (κ1) is 26.1. The molecular formula is C34H34N2O4. The topological polar surface area (TPSA) is 71.9 Å². The van der Waals surface area contributed by atoms with Crippen LogP contribution in [0.2, 0.25) is 0 Å². The molecule has 40 heavy (non-hydrogen) atoms. The number of anilines is 1. The minimum atomic E-state index is -1.15. The number of aryl methyl sites for hydroxylation is 1. The normalized spacial score (nSPS) is 15.1. The average Bonchev–Trinajstić information content (AvgIpc) is 2.92. The van der Waals surface area contributed by atoms with Crippen LogP contribution in [0.15, 0.2) is 66.9 Å². The molecule has 0 radical (unpaired) electrons.